The second-order valence-electron chi connectivity index (χ2n) is 5.16. The maximum Gasteiger partial charge on any atom is 0.346 e. The van der Waals surface area contributed by atoms with E-state index in [9.17, 15) is 4.79 Å². The fraction of sp³-hybridized carbons (Fsp3) is 0. The van der Waals surface area contributed by atoms with Crippen molar-refractivity contribution in [2.24, 2.45) is 0 Å². The van der Waals surface area contributed by atoms with Gasteiger partial charge in [-0.1, -0.05) is 30.0 Å². The van der Waals surface area contributed by atoms with Gasteiger partial charge in [0.05, 0.1) is 5.39 Å². The lowest BCUT2D eigenvalue weighted by Gasteiger charge is -2.06. The highest BCUT2D eigenvalue weighted by Crippen LogP contribution is 2.29. The van der Waals surface area contributed by atoms with Crippen LogP contribution < -0.4 is 10.9 Å². The van der Waals surface area contributed by atoms with E-state index >= 15 is 0 Å². The van der Waals surface area contributed by atoms with Crippen LogP contribution in [0.1, 0.15) is 0 Å². The van der Waals surface area contributed by atoms with E-state index in [2.05, 4.69) is 17.4 Å². The van der Waals surface area contributed by atoms with Crippen LogP contribution in [0, 0.1) is 0 Å². The first-order valence-corrected chi connectivity index (χ1v) is 9.09. The smallest absolute Gasteiger partial charge is 0.346 e. The van der Waals surface area contributed by atoms with E-state index in [1.807, 2.05) is 53.9 Å². The molecule has 0 bridgehead atoms. The van der Waals surface area contributed by atoms with Crippen molar-refractivity contribution < 1.29 is 4.42 Å². The summed E-state index contributed by atoms with van der Waals surface area (Å²) in [5, 5.41) is 5.66. The predicted molar refractivity (Wildman–Crippen MR) is 101 cm³/mol. The van der Waals surface area contributed by atoms with E-state index in [4.69, 9.17) is 4.42 Å². The Morgan fingerprint density at radius 2 is 1.67 bits per heavy atom. The van der Waals surface area contributed by atoms with Crippen molar-refractivity contribution in [2.75, 3.05) is 5.32 Å². The van der Waals surface area contributed by atoms with Gasteiger partial charge in [-0.2, -0.15) is 0 Å². The third-order valence-corrected chi connectivity index (χ3v) is 5.36. The minimum absolute atomic E-state index is 0.312. The molecule has 0 fully saturated rings. The zero-order valence-electron chi connectivity index (χ0n) is 12.6. The minimum Gasteiger partial charge on any atom is -0.406 e. The molecule has 0 atom stereocenters. The second kappa shape index (κ2) is 6.55. The fourth-order valence-electron chi connectivity index (χ4n) is 2.34. The molecule has 24 heavy (non-hydrogen) atoms. The Morgan fingerprint density at radius 1 is 0.917 bits per heavy atom. The average molecular weight is 351 g/mol. The highest BCUT2D eigenvalue weighted by atomic mass is 32.2. The summed E-state index contributed by atoms with van der Waals surface area (Å²) in [4.78, 5) is 14.3. The molecule has 0 aliphatic rings. The quantitative estimate of drug-likeness (QED) is 0.508. The molecule has 0 saturated carbocycles. The van der Waals surface area contributed by atoms with Crippen LogP contribution in [0.3, 0.4) is 0 Å². The summed E-state index contributed by atoms with van der Waals surface area (Å²) >= 11 is 3.24. The lowest BCUT2D eigenvalue weighted by atomic mass is 10.3. The number of benzene rings is 2. The van der Waals surface area contributed by atoms with Crippen LogP contribution in [0.5, 0.6) is 0 Å². The van der Waals surface area contributed by atoms with E-state index in [0.29, 0.717) is 11.3 Å². The van der Waals surface area contributed by atoms with Gasteiger partial charge in [0.15, 0.2) is 0 Å². The van der Waals surface area contributed by atoms with E-state index in [1.165, 1.54) is 16.2 Å². The van der Waals surface area contributed by atoms with Crippen molar-refractivity contribution in [3.05, 3.63) is 82.5 Å². The molecule has 2 aromatic carbocycles. The summed E-state index contributed by atoms with van der Waals surface area (Å²) in [6.45, 7) is 0. The van der Waals surface area contributed by atoms with Crippen LogP contribution in [0.2, 0.25) is 0 Å². The van der Waals surface area contributed by atoms with Gasteiger partial charge in [-0.15, -0.1) is 11.3 Å². The Balaban J connectivity index is 1.53. The van der Waals surface area contributed by atoms with Gasteiger partial charge in [0.2, 0.25) is 5.88 Å². The first-order valence-electron chi connectivity index (χ1n) is 7.39. The van der Waals surface area contributed by atoms with Crippen LogP contribution in [0.15, 0.2) is 91.1 Å². The van der Waals surface area contributed by atoms with E-state index in [0.717, 1.165) is 15.3 Å². The fourth-order valence-corrected chi connectivity index (χ4v) is 3.98. The number of thiophene rings is 1. The number of anilines is 2. The molecule has 0 saturated heterocycles. The standard InChI is InChI=1S/C19H13NO2S2/c21-19-16-10-11-23-17(16)12-18(22-19)20-13-6-8-15(9-7-13)24-14-4-2-1-3-5-14/h1-12,20H. The largest absolute Gasteiger partial charge is 0.406 e. The lowest BCUT2D eigenvalue weighted by molar-refractivity contribution is 0.538. The summed E-state index contributed by atoms with van der Waals surface area (Å²) in [6.07, 6.45) is 0. The van der Waals surface area contributed by atoms with Gasteiger partial charge in [0.1, 0.15) is 0 Å². The minimum atomic E-state index is -0.312. The Bertz CT molecular complexity index is 1020. The van der Waals surface area contributed by atoms with Gasteiger partial charge in [-0.3, -0.25) is 0 Å². The van der Waals surface area contributed by atoms with Crippen molar-refractivity contribution in [3.8, 4) is 0 Å². The van der Waals surface area contributed by atoms with Crippen LogP contribution >= 0.6 is 23.1 Å². The summed E-state index contributed by atoms with van der Waals surface area (Å²) in [5.41, 5.74) is 0.568. The van der Waals surface area contributed by atoms with Crippen LogP contribution in [-0.4, -0.2) is 0 Å². The maximum absolute atomic E-state index is 11.9. The van der Waals surface area contributed by atoms with Crippen molar-refractivity contribution in [1.29, 1.82) is 0 Å². The molecule has 3 nitrogen and oxygen atoms in total. The van der Waals surface area contributed by atoms with Crippen molar-refractivity contribution in [3.63, 3.8) is 0 Å². The monoisotopic (exact) mass is 351 g/mol. The first kappa shape index (κ1) is 15.1. The number of hydrogen-bond donors (Lipinski definition) is 1. The van der Waals surface area contributed by atoms with Gasteiger partial charge in [-0.25, -0.2) is 4.79 Å². The van der Waals surface area contributed by atoms with Crippen molar-refractivity contribution in [2.45, 2.75) is 9.79 Å². The zero-order chi connectivity index (χ0) is 16.4. The van der Waals surface area contributed by atoms with Gasteiger partial charge in [0, 0.05) is 26.2 Å². The molecule has 5 heteroatoms. The molecule has 0 spiro atoms. The van der Waals surface area contributed by atoms with Crippen molar-refractivity contribution >= 4 is 44.8 Å². The molecule has 0 aliphatic carbocycles. The Kier molecular flexibility index (Phi) is 4.11. The normalized spacial score (nSPS) is 10.8. The molecule has 0 unspecified atom stereocenters. The molecule has 118 valence electrons. The third kappa shape index (κ3) is 3.22. The third-order valence-electron chi connectivity index (χ3n) is 3.48. The van der Waals surface area contributed by atoms with Crippen LogP contribution in [0.4, 0.5) is 11.6 Å². The summed E-state index contributed by atoms with van der Waals surface area (Å²) in [7, 11) is 0. The van der Waals surface area contributed by atoms with Gasteiger partial charge >= 0.3 is 5.63 Å². The van der Waals surface area contributed by atoms with Crippen molar-refractivity contribution in [1.82, 2.24) is 0 Å². The molecule has 4 rings (SSSR count). The molecule has 2 aromatic heterocycles. The van der Waals surface area contributed by atoms with Gasteiger partial charge in [-0.05, 0) is 47.8 Å². The molecule has 0 amide bonds. The molecular weight excluding hydrogens is 338 g/mol. The number of rotatable bonds is 4. The number of nitrogens with one attached hydrogen (secondary N) is 1. The highest BCUT2D eigenvalue weighted by molar-refractivity contribution is 7.99. The number of hydrogen-bond acceptors (Lipinski definition) is 5. The van der Waals surface area contributed by atoms with Crippen LogP contribution in [-0.2, 0) is 0 Å². The molecule has 2 heterocycles. The SMILES string of the molecule is O=c1oc(Nc2ccc(Sc3ccccc3)cc2)cc2sccc12. The molecular formula is C19H13NO2S2. The summed E-state index contributed by atoms with van der Waals surface area (Å²) in [6, 6.07) is 21.9. The van der Waals surface area contributed by atoms with Gasteiger partial charge in [0.25, 0.3) is 0 Å². The predicted octanol–water partition coefficient (Wildman–Crippen LogP) is 5.75. The highest BCUT2D eigenvalue weighted by Gasteiger charge is 2.06. The Morgan fingerprint density at radius 3 is 2.46 bits per heavy atom. The van der Waals surface area contributed by atoms with Crippen LogP contribution in [0.25, 0.3) is 10.1 Å². The van der Waals surface area contributed by atoms with Gasteiger partial charge < -0.3 is 9.73 Å². The first-order chi connectivity index (χ1) is 11.8. The summed E-state index contributed by atoms with van der Waals surface area (Å²) in [5.74, 6) is 0.457. The Hall–Kier alpha value is -2.50. The summed E-state index contributed by atoms with van der Waals surface area (Å²) < 4.78 is 6.23. The lowest BCUT2D eigenvalue weighted by Crippen LogP contribution is -2.00. The van der Waals surface area contributed by atoms with E-state index in [1.54, 1.807) is 17.8 Å². The zero-order valence-corrected chi connectivity index (χ0v) is 14.2. The molecule has 0 aliphatic heterocycles. The molecule has 4 aromatic rings. The Labute approximate surface area is 147 Å². The topological polar surface area (TPSA) is 42.2 Å². The number of fused-ring (bicyclic) bond motifs is 1. The molecule has 1 N–H and O–H groups in total. The average Bonchev–Trinajstić information content (AvgIpc) is 3.07. The van der Waals surface area contributed by atoms with E-state index in [-0.39, 0.29) is 5.63 Å². The molecule has 0 radical (unpaired) electrons. The maximum atomic E-state index is 11.9. The second-order valence-corrected chi connectivity index (χ2v) is 7.26. The van der Waals surface area contributed by atoms with E-state index < -0.39 is 0 Å².